The predicted molar refractivity (Wildman–Crippen MR) is 82.5 cm³/mol. The monoisotopic (exact) mass is 354 g/mol. The van der Waals surface area contributed by atoms with Crippen molar-refractivity contribution in [1.29, 1.82) is 0 Å². The molecule has 0 radical (unpaired) electrons. The fourth-order valence-corrected chi connectivity index (χ4v) is 3.18. The quantitative estimate of drug-likeness (QED) is 0.865. The molecule has 0 aromatic heterocycles. The first-order chi connectivity index (χ1) is 9.51. The maximum atomic E-state index is 12.1. The van der Waals surface area contributed by atoms with E-state index in [1.807, 2.05) is 24.3 Å². The van der Waals surface area contributed by atoms with Gasteiger partial charge in [0, 0.05) is 17.6 Å². The summed E-state index contributed by atoms with van der Waals surface area (Å²) in [7, 11) is -3.50. The molecule has 2 aromatic carbocycles. The van der Waals surface area contributed by atoms with E-state index in [4.69, 9.17) is 5.73 Å². The van der Waals surface area contributed by atoms with E-state index in [0.717, 1.165) is 15.6 Å². The molecule has 0 fully saturated rings. The molecular formula is C14H15BrN2O2S. The highest BCUT2D eigenvalue weighted by atomic mass is 79.9. The number of benzene rings is 2. The van der Waals surface area contributed by atoms with Crippen LogP contribution in [0.3, 0.4) is 0 Å². The van der Waals surface area contributed by atoms with Gasteiger partial charge in [-0.3, -0.25) is 0 Å². The van der Waals surface area contributed by atoms with Crippen molar-refractivity contribution in [2.24, 2.45) is 5.73 Å². The second-order valence-electron chi connectivity index (χ2n) is 4.30. The standard InChI is InChI=1S/C14H15BrN2O2S/c15-13-3-1-2-12(8-13)10-17-20(18,19)14-6-4-11(9-16)5-7-14/h1-8,17H,9-10,16H2. The minimum Gasteiger partial charge on any atom is -0.326 e. The first-order valence-corrected chi connectivity index (χ1v) is 8.32. The second kappa shape index (κ2) is 6.49. The minimum atomic E-state index is -3.50. The van der Waals surface area contributed by atoms with Crippen molar-refractivity contribution in [3.8, 4) is 0 Å². The average Bonchev–Trinajstić information content (AvgIpc) is 2.45. The highest BCUT2D eigenvalue weighted by Gasteiger charge is 2.13. The molecule has 20 heavy (non-hydrogen) atoms. The van der Waals surface area contributed by atoms with Crippen LogP contribution >= 0.6 is 15.9 Å². The lowest BCUT2D eigenvalue weighted by Crippen LogP contribution is -2.23. The fourth-order valence-electron chi connectivity index (χ4n) is 1.71. The Hall–Kier alpha value is -1.21. The predicted octanol–water partition coefficient (Wildman–Crippen LogP) is 2.39. The van der Waals surface area contributed by atoms with Crippen LogP contribution in [-0.4, -0.2) is 8.42 Å². The third kappa shape index (κ3) is 3.89. The van der Waals surface area contributed by atoms with Gasteiger partial charge in [-0.05, 0) is 35.4 Å². The molecule has 0 aliphatic heterocycles. The summed E-state index contributed by atoms with van der Waals surface area (Å²) in [6.07, 6.45) is 0. The topological polar surface area (TPSA) is 72.2 Å². The molecule has 0 atom stereocenters. The van der Waals surface area contributed by atoms with E-state index in [1.54, 1.807) is 24.3 Å². The highest BCUT2D eigenvalue weighted by molar-refractivity contribution is 9.10. The Morgan fingerprint density at radius 3 is 2.35 bits per heavy atom. The van der Waals surface area contributed by atoms with Crippen molar-refractivity contribution in [3.05, 3.63) is 64.1 Å². The lowest BCUT2D eigenvalue weighted by molar-refractivity contribution is 0.581. The van der Waals surface area contributed by atoms with E-state index in [2.05, 4.69) is 20.7 Å². The van der Waals surface area contributed by atoms with Crippen molar-refractivity contribution in [1.82, 2.24) is 4.72 Å². The number of nitrogens with one attached hydrogen (secondary N) is 1. The molecule has 4 nitrogen and oxygen atoms in total. The largest absolute Gasteiger partial charge is 0.326 e. The molecule has 0 saturated heterocycles. The minimum absolute atomic E-state index is 0.240. The SMILES string of the molecule is NCc1ccc(S(=O)(=O)NCc2cccc(Br)c2)cc1. The Bertz CT molecular complexity index is 685. The van der Waals surface area contributed by atoms with E-state index in [9.17, 15) is 8.42 Å². The van der Waals surface area contributed by atoms with Gasteiger partial charge in [-0.25, -0.2) is 13.1 Å². The van der Waals surface area contributed by atoms with Crippen LogP contribution in [0.5, 0.6) is 0 Å². The molecule has 0 spiro atoms. The van der Waals surface area contributed by atoms with Gasteiger partial charge in [-0.15, -0.1) is 0 Å². The van der Waals surface area contributed by atoms with E-state index in [1.165, 1.54) is 0 Å². The van der Waals surface area contributed by atoms with Gasteiger partial charge in [-0.2, -0.15) is 0 Å². The van der Waals surface area contributed by atoms with Gasteiger partial charge in [0.25, 0.3) is 0 Å². The van der Waals surface area contributed by atoms with Crippen LogP contribution in [-0.2, 0) is 23.1 Å². The van der Waals surface area contributed by atoms with Gasteiger partial charge in [-0.1, -0.05) is 40.2 Å². The zero-order valence-electron chi connectivity index (χ0n) is 10.7. The molecular weight excluding hydrogens is 340 g/mol. The normalized spacial score (nSPS) is 11.5. The van der Waals surface area contributed by atoms with Crippen LogP contribution in [0.2, 0.25) is 0 Å². The van der Waals surface area contributed by atoms with E-state index < -0.39 is 10.0 Å². The first kappa shape index (κ1) is 15.2. The Kier molecular flexibility index (Phi) is 4.93. The molecule has 0 heterocycles. The van der Waals surface area contributed by atoms with Gasteiger partial charge in [0.05, 0.1) is 4.90 Å². The summed E-state index contributed by atoms with van der Waals surface area (Å²) in [6, 6.07) is 14.1. The second-order valence-corrected chi connectivity index (χ2v) is 6.99. The van der Waals surface area contributed by atoms with Crippen molar-refractivity contribution in [2.45, 2.75) is 18.0 Å². The summed E-state index contributed by atoms with van der Waals surface area (Å²) in [6.45, 7) is 0.645. The van der Waals surface area contributed by atoms with Crippen LogP contribution in [0.15, 0.2) is 57.9 Å². The maximum Gasteiger partial charge on any atom is 0.240 e. The van der Waals surface area contributed by atoms with Crippen LogP contribution < -0.4 is 10.5 Å². The summed E-state index contributed by atoms with van der Waals surface area (Å²) in [5.41, 5.74) is 7.28. The van der Waals surface area contributed by atoms with Crippen LogP contribution in [0.4, 0.5) is 0 Å². The van der Waals surface area contributed by atoms with Gasteiger partial charge < -0.3 is 5.73 Å². The van der Waals surface area contributed by atoms with Gasteiger partial charge in [0.2, 0.25) is 10.0 Å². The lowest BCUT2D eigenvalue weighted by Gasteiger charge is -2.08. The van der Waals surface area contributed by atoms with Crippen LogP contribution in [0.25, 0.3) is 0 Å². The van der Waals surface area contributed by atoms with E-state index in [0.29, 0.717) is 6.54 Å². The number of nitrogens with two attached hydrogens (primary N) is 1. The van der Waals surface area contributed by atoms with Gasteiger partial charge >= 0.3 is 0 Å². The van der Waals surface area contributed by atoms with Gasteiger partial charge in [0.15, 0.2) is 0 Å². The molecule has 106 valence electrons. The first-order valence-electron chi connectivity index (χ1n) is 6.04. The Balaban J connectivity index is 2.10. The molecule has 0 amide bonds. The zero-order chi connectivity index (χ0) is 14.6. The summed E-state index contributed by atoms with van der Waals surface area (Å²) >= 11 is 3.35. The molecule has 0 bridgehead atoms. The van der Waals surface area contributed by atoms with Crippen molar-refractivity contribution >= 4 is 26.0 Å². The Morgan fingerprint density at radius 1 is 1.05 bits per heavy atom. The van der Waals surface area contributed by atoms with Crippen LogP contribution in [0.1, 0.15) is 11.1 Å². The molecule has 0 unspecified atom stereocenters. The average molecular weight is 355 g/mol. The number of sulfonamides is 1. The Morgan fingerprint density at radius 2 is 1.75 bits per heavy atom. The number of halogens is 1. The van der Waals surface area contributed by atoms with Crippen molar-refractivity contribution < 1.29 is 8.42 Å². The van der Waals surface area contributed by atoms with Crippen molar-refractivity contribution in [3.63, 3.8) is 0 Å². The molecule has 0 saturated carbocycles. The maximum absolute atomic E-state index is 12.1. The number of rotatable bonds is 5. The van der Waals surface area contributed by atoms with Crippen molar-refractivity contribution in [2.75, 3.05) is 0 Å². The summed E-state index contributed by atoms with van der Waals surface area (Å²) < 4.78 is 27.8. The fraction of sp³-hybridized carbons (Fsp3) is 0.143. The van der Waals surface area contributed by atoms with E-state index in [-0.39, 0.29) is 11.4 Å². The molecule has 2 rings (SSSR count). The molecule has 0 aliphatic rings. The third-order valence-corrected chi connectivity index (χ3v) is 4.74. The lowest BCUT2D eigenvalue weighted by atomic mass is 10.2. The van der Waals surface area contributed by atoms with Crippen LogP contribution in [0, 0.1) is 0 Å². The molecule has 0 aliphatic carbocycles. The summed E-state index contributed by atoms with van der Waals surface area (Å²) in [4.78, 5) is 0.240. The number of hydrogen-bond acceptors (Lipinski definition) is 3. The molecule has 2 aromatic rings. The summed E-state index contributed by atoms with van der Waals surface area (Å²) in [5, 5.41) is 0. The number of hydrogen-bond donors (Lipinski definition) is 2. The molecule has 3 N–H and O–H groups in total. The summed E-state index contributed by atoms with van der Waals surface area (Å²) in [5.74, 6) is 0. The third-order valence-electron chi connectivity index (χ3n) is 2.82. The molecule has 6 heteroatoms. The Labute approximate surface area is 127 Å². The smallest absolute Gasteiger partial charge is 0.240 e. The van der Waals surface area contributed by atoms with Gasteiger partial charge in [0.1, 0.15) is 0 Å². The van der Waals surface area contributed by atoms with E-state index >= 15 is 0 Å². The highest BCUT2D eigenvalue weighted by Crippen LogP contribution is 2.14. The zero-order valence-corrected chi connectivity index (χ0v) is 13.1.